The zero-order valence-electron chi connectivity index (χ0n) is 15.0. The van der Waals surface area contributed by atoms with E-state index in [1.54, 1.807) is 36.4 Å². The van der Waals surface area contributed by atoms with E-state index in [4.69, 9.17) is 15.9 Å². The van der Waals surface area contributed by atoms with Gasteiger partial charge in [-0.3, -0.25) is 9.59 Å². The molecule has 0 spiro atoms. The van der Waals surface area contributed by atoms with Crippen LogP contribution in [-0.2, 0) is 6.61 Å². The average Bonchev–Trinajstić information content (AvgIpc) is 2.75. The molecule has 0 bridgehead atoms. The minimum Gasteiger partial charge on any atom is -0.488 e. The normalized spacial score (nSPS) is 12.0. The van der Waals surface area contributed by atoms with Gasteiger partial charge in [-0.25, -0.2) is 0 Å². The summed E-state index contributed by atoms with van der Waals surface area (Å²) in [6.45, 7) is 0.279. The van der Waals surface area contributed by atoms with Crippen LogP contribution in [0.5, 0.6) is 11.5 Å². The molecule has 0 fully saturated rings. The van der Waals surface area contributed by atoms with Crippen molar-refractivity contribution in [2.75, 3.05) is 6.61 Å². The van der Waals surface area contributed by atoms with Gasteiger partial charge >= 0.3 is 0 Å². The minimum absolute atomic E-state index is 0.000222. The van der Waals surface area contributed by atoms with Gasteiger partial charge < -0.3 is 9.47 Å². The van der Waals surface area contributed by atoms with Gasteiger partial charge in [0.1, 0.15) is 24.7 Å². The van der Waals surface area contributed by atoms with Crippen molar-refractivity contribution in [3.8, 4) is 23.8 Å². The third-order valence-corrected chi connectivity index (χ3v) is 4.55. The first kappa shape index (κ1) is 17.6. The molecular formula is C24H16O4. The fraction of sp³-hybridized carbons (Fsp3) is 0.0833. The van der Waals surface area contributed by atoms with E-state index < -0.39 is 0 Å². The molecule has 0 aromatic heterocycles. The zero-order chi connectivity index (χ0) is 19.5. The standard InChI is InChI=1S/C24H16O4/c1-2-14-27-19-12-13-20(28-15-16-8-4-3-5-9-16)22-21(19)23(25)17-10-6-7-11-18(17)24(22)26/h1,3-13H,14-15H2. The SMILES string of the molecule is C#CCOc1ccc(OCc2ccccc2)c2c1C(=O)c1ccccc1C2=O. The van der Waals surface area contributed by atoms with Crippen molar-refractivity contribution >= 4 is 11.6 Å². The van der Waals surface area contributed by atoms with Crippen LogP contribution in [0.2, 0.25) is 0 Å². The lowest BCUT2D eigenvalue weighted by molar-refractivity contribution is 0.0972. The van der Waals surface area contributed by atoms with Crippen molar-refractivity contribution in [3.63, 3.8) is 0 Å². The molecule has 1 aliphatic carbocycles. The van der Waals surface area contributed by atoms with Gasteiger partial charge in [0.25, 0.3) is 0 Å². The minimum atomic E-state index is -0.276. The summed E-state index contributed by atoms with van der Waals surface area (Å²) in [6.07, 6.45) is 5.28. The second kappa shape index (κ2) is 7.42. The van der Waals surface area contributed by atoms with Crippen LogP contribution in [0.3, 0.4) is 0 Å². The van der Waals surface area contributed by atoms with Crippen LogP contribution in [0.1, 0.15) is 37.4 Å². The van der Waals surface area contributed by atoms with Gasteiger partial charge in [0.15, 0.2) is 11.6 Å². The van der Waals surface area contributed by atoms with Crippen molar-refractivity contribution in [1.82, 2.24) is 0 Å². The first-order valence-electron chi connectivity index (χ1n) is 8.79. The molecule has 3 aromatic rings. The lowest BCUT2D eigenvalue weighted by Crippen LogP contribution is -2.23. The van der Waals surface area contributed by atoms with E-state index >= 15 is 0 Å². The molecule has 0 radical (unpaired) electrons. The lowest BCUT2D eigenvalue weighted by Gasteiger charge is -2.22. The second-order valence-electron chi connectivity index (χ2n) is 6.28. The Bertz CT molecular complexity index is 1110. The molecule has 0 saturated heterocycles. The smallest absolute Gasteiger partial charge is 0.198 e. The highest BCUT2D eigenvalue weighted by molar-refractivity contribution is 6.30. The first-order chi connectivity index (χ1) is 13.7. The molecule has 4 nitrogen and oxygen atoms in total. The van der Waals surface area contributed by atoms with E-state index in [1.807, 2.05) is 30.3 Å². The molecular weight excluding hydrogens is 352 g/mol. The number of carbonyl (C=O) groups is 2. The van der Waals surface area contributed by atoms with Gasteiger partial charge in [-0.05, 0) is 17.7 Å². The lowest BCUT2D eigenvalue weighted by atomic mass is 9.83. The number of carbonyl (C=O) groups excluding carboxylic acids is 2. The molecule has 1 aliphatic rings. The summed E-state index contributed by atoms with van der Waals surface area (Å²) in [4.78, 5) is 26.3. The molecule has 136 valence electrons. The van der Waals surface area contributed by atoms with Crippen molar-refractivity contribution in [2.45, 2.75) is 6.61 Å². The number of terminal acetylenes is 1. The Morgan fingerprint density at radius 3 is 1.82 bits per heavy atom. The Balaban J connectivity index is 1.80. The number of ketones is 2. The Morgan fingerprint density at radius 2 is 1.25 bits per heavy atom. The van der Waals surface area contributed by atoms with Crippen LogP contribution < -0.4 is 9.47 Å². The predicted molar refractivity (Wildman–Crippen MR) is 105 cm³/mol. The van der Waals surface area contributed by atoms with Crippen molar-refractivity contribution < 1.29 is 19.1 Å². The fourth-order valence-electron chi connectivity index (χ4n) is 3.26. The molecule has 3 aromatic carbocycles. The maximum atomic E-state index is 13.2. The number of hydrogen-bond acceptors (Lipinski definition) is 4. The maximum Gasteiger partial charge on any atom is 0.198 e. The number of fused-ring (bicyclic) bond motifs is 2. The summed E-state index contributed by atoms with van der Waals surface area (Å²) < 4.78 is 11.5. The summed E-state index contributed by atoms with van der Waals surface area (Å²) in [6, 6.07) is 19.6. The van der Waals surface area contributed by atoms with E-state index in [1.165, 1.54) is 0 Å². The topological polar surface area (TPSA) is 52.6 Å². The van der Waals surface area contributed by atoms with Gasteiger partial charge in [0.05, 0.1) is 11.1 Å². The highest BCUT2D eigenvalue weighted by atomic mass is 16.5. The second-order valence-corrected chi connectivity index (χ2v) is 6.28. The highest BCUT2D eigenvalue weighted by Crippen LogP contribution is 2.38. The van der Waals surface area contributed by atoms with Gasteiger partial charge in [0.2, 0.25) is 0 Å². The van der Waals surface area contributed by atoms with Crippen molar-refractivity contribution in [2.24, 2.45) is 0 Å². The van der Waals surface area contributed by atoms with Crippen LogP contribution in [-0.4, -0.2) is 18.2 Å². The third-order valence-electron chi connectivity index (χ3n) is 4.55. The molecule has 0 N–H and O–H groups in total. The van der Waals surface area contributed by atoms with Crippen LogP contribution in [0.25, 0.3) is 0 Å². The summed E-state index contributed by atoms with van der Waals surface area (Å²) in [5.74, 6) is 2.47. The first-order valence-corrected chi connectivity index (χ1v) is 8.79. The van der Waals surface area contributed by atoms with Crippen LogP contribution in [0.4, 0.5) is 0 Å². The zero-order valence-corrected chi connectivity index (χ0v) is 15.0. The van der Waals surface area contributed by atoms with Gasteiger partial charge in [-0.15, -0.1) is 6.42 Å². The molecule has 0 saturated carbocycles. The van der Waals surface area contributed by atoms with E-state index in [0.29, 0.717) is 16.9 Å². The summed E-state index contributed by atoms with van der Waals surface area (Å²) in [5, 5.41) is 0. The van der Waals surface area contributed by atoms with Crippen molar-refractivity contribution in [3.05, 3.63) is 94.5 Å². The largest absolute Gasteiger partial charge is 0.488 e. The highest BCUT2D eigenvalue weighted by Gasteiger charge is 2.35. The van der Waals surface area contributed by atoms with Crippen LogP contribution in [0, 0.1) is 12.3 Å². The molecule has 4 rings (SSSR count). The summed E-state index contributed by atoms with van der Waals surface area (Å²) in [5.41, 5.74) is 2.09. The molecule has 0 aliphatic heterocycles. The molecule has 0 atom stereocenters. The average molecular weight is 368 g/mol. The predicted octanol–water partition coefficient (Wildman–Crippen LogP) is 4.05. The third kappa shape index (κ3) is 3.04. The quantitative estimate of drug-likeness (QED) is 0.499. The van der Waals surface area contributed by atoms with Gasteiger partial charge in [0, 0.05) is 11.1 Å². The number of rotatable bonds is 5. The van der Waals surface area contributed by atoms with Crippen LogP contribution in [0.15, 0.2) is 66.7 Å². The molecule has 0 unspecified atom stereocenters. The van der Waals surface area contributed by atoms with E-state index in [0.717, 1.165) is 5.56 Å². The van der Waals surface area contributed by atoms with Crippen LogP contribution >= 0.6 is 0 Å². The van der Waals surface area contributed by atoms with E-state index in [-0.39, 0.29) is 41.7 Å². The number of hydrogen-bond donors (Lipinski definition) is 0. The van der Waals surface area contributed by atoms with E-state index in [2.05, 4.69) is 5.92 Å². The van der Waals surface area contributed by atoms with Crippen molar-refractivity contribution in [1.29, 1.82) is 0 Å². The van der Waals surface area contributed by atoms with Gasteiger partial charge in [-0.1, -0.05) is 60.5 Å². The molecule has 28 heavy (non-hydrogen) atoms. The molecule has 0 amide bonds. The van der Waals surface area contributed by atoms with E-state index in [9.17, 15) is 9.59 Å². The Hall–Kier alpha value is -3.84. The molecule has 4 heteroatoms. The Kier molecular flexibility index (Phi) is 4.65. The Morgan fingerprint density at radius 1 is 0.714 bits per heavy atom. The maximum absolute atomic E-state index is 13.2. The number of benzene rings is 3. The fourth-order valence-corrected chi connectivity index (χ4v) is 3.26. The summed E-state index contributed by atoms with van der Waals surface area (Å²) >= 11 is 0. The molecule has 0 heterocycles. The summed E-state index contributed by atoms with van der Waals surface area (Å²) in [7, 11) is 0. The van der Waals surface area contributed by atoms with Gasteiger partial charge in [-0.2, -0.15) is 0 Å². The monoisotopic (exact) mass is 368 g/mol. The number of ether oxygens (including phenoxy) is 2. The Labute approximate surface area is 162 Å².